The van der Waals surface area contributed by atoms with Crippen LogP contribution < -0.4 is 0 Å². The fourth-order valence-electron chi connectivity index (χ4n) is 2.47. The van der Waals surface area contributed by atoms with Crippen LogP contribution in [0.15, 0.2) is 18.2 Å². The van der Waals surface area contributed by atoms with Crippen molar-refractivity contribution in [1.29, 1.82) is 0 Å². The van der Waals surface area contributed by atoms with E-state index >= 15 is 0 Å². The molecule has 0 N–H and O–H groups in total. The molecule has 1 fully saturated rings. The molecule has 0 spiro atoms. The van der Waals surface area contributed by atoms with Gasteiger partial charge in [-0.1, -0.05) is 24.5 Å². The van der Waals surface area contributed by atoms with E-state index < -0.39 is 11.7 Å². The Hall–Kier alpha value is -0.990. The van der Waals surface area contributed by atoms with Gasteiger partial charge in [0.15, 0.2) is 0 Å². The molecule has 1 aromatic rings. The van der Waals surface area contributed by atoms with Crippen molar-refractivity contribution in [2.45, 2.75) is 44.7 Å². The van der Waals surface area contributed by atoms with E-state index in [0.717, 1.165) is 31.2 Å². The molecular weight excluding hydrogens is 213 g/mol. The highest BCUT2D eigenvalue weighted by Crippen LogP contribution is 2.37. The van der Waals surface area contributed by atoms with E-state index in [0.29, 0.717) is 11.5 Å². The SMILES string of the molecule is Cc1cc(C2CCCC2)cc(C(F)(F)F)c1. The molecule has 0 aliphatic heterocycles. The van der Waals surface area contributed by atoms with E-state index in [4.69, 9.17) is 0 Å². The average molecular weight is 228 g/mol. The molecule has 88 valence electrons. The second-order valence-electron chi connectivity index (χ2n) is 4.61. The first kappa shape index (κ1) is 11.5. The Bertz CT molecular complexity index is 373. The number of alkyl halides is 3. The molecule has 0 saturated heterocycles. The minimum absolute atomic E-state index is 0.334. The van der Waals surface area contributed by atoms with Crippen molar-refractivity contribution in [2.75, 3.05) is 0 Å². The molecule has 1 aliphatic carbocycles. The molecule has 0 aromatic heterocycles. The molecule has 0 amide bonds. The van der Waals surface area contributed by atoms with Gasteiger partial charge in [-0.25, -0.2) is 0 Å². The zero-order chi connectivity index (χ0) is 11.8. The van der Waals surface area contributed by atoms with Gasteiger partial charge in [0.05, 0.1) is 5.56 Å². The third-order valence-electron chi connectivity index (χ3n) is 3.25. The smallest absolute Gasteiger partial charge is 0.166 e. The number of benzene rings is 1. The van der Waals surface area contributed by atoms with Crippen molar-refractivity contribution in [2.24, 2.45) is 0 Å². The first-order valence-electron chi connectivity index (χ1n) is 5.65. The van der Waals surface area contributed by atoms with Gasteiger partial charge in [0.1, 0.15) is 0 Å². The van der Waals surface area contributed by atoms with E-state index in [2.05, 4.69) is 0 Å². The van der Waals surface area contributed by atoms with Crippen molar-refractivity contribution in [3.8, 4) is 0 Å². The minimum atomic E-state index is -4.22. The van der Waals surface area contributed by atoms with E-state index in [1.54, 1.807) is 6.92 Å². The Morgan fingerprint density at radius 2 is 1.69 bits per heavy atom. The first-order chi connectivity index (χ1) is 7.47. The summed E-state index contributed by atoms with van der Waals surface area (Å²) >= 11 is 0. The topological polar surface area (TPSA) is 0 Å². The van der Waals surface area contributed by atoms with Crippen LogP contribution in [0.4, 0.5) is 13.2 Å². The Morgan fingerprint density at radius 3 is 2.25 bits per heavy atom. The highest BCUT2D eigenvalue weighted by molar-refractivity contribution is 5.33. The van der Waals surface area contributed by atoms with Gasteiger partial charge in [-0.3, -0.25) is 0 Å². The van der Waals surface area contributed by atoms with Crippen molar-refractivity contribution in [3.05, 3.63) is 34.9 Å². The van der Waals surface area contributed by atoms with Crippen LogP contribution in [-0.2, 0) is 6.18 Å². The fourth-order valence-corrected chi connectivity index (χ4v) is 2.47. The average Bonchev–Trinajstić information content (AvgIpc) is 2.68. The molecule has 2 rings (SSSR count). The maximum Gasteiger partial charge on any atom is 0.416 e. The van der Waals surface area contributed by atoms with Gasteiger partial charge in [0.25, 0.3) is 0 Å². The number of hydrogen-bond donors (Lipinski definition) is 0. The molecule has 0 unspecified atom stereocenters. The Kier molecular flexibility index (Phi) is 2.96. The molecular formula is C13H15F3. The summed E-state index contributed by atoms with van der Waals surface area (Å²) in [6, 6.07) is 4.44. The lowest BCUT2D eigenvalue weighted by Gasteiger charge is -2.14. The molecule has 1 saturated carbocycles. The van der Waals surface area contributed by atoms with Gasteiger partial charge in [-0.05, 0) is 43.4 Å². The van der Waals surface area contributed by atoms with E-state index in [1.165, 1.54) is 12.1 Å². The summed E-state index contributed by atoms with van der Waals surface area (Å²) in [4.78, 5) is 0. The maximum atomic E-state index is 12.6. The quantitative estimate of drug-likeness (QED) is 0.655. The third kappa shape index (κ3) is 2.39. The van der Waals surface area contributed by atoms with Crippen LogP contribution in [0.3, 0.4) is 0 Å². The highest BCUT2D eigenvalue weighted by atomic mass is 19.4. The predicted molar refractivity (Wildman–Crippen MR) is 57.4 cm³/mol. The summed E-state index contributed by atoms with van der Waals surface area (Å²) in [7, 11) is 0. The molecule has 16 heavy (non-hydrogen) atoms. The van der Waals surface area contributed by atoms with Crippen LogP contribution in [0, 0.1) is 6.92 Å². The summed E-state index contributed by atoms with van der Waals surface area (Å²) in [5.74, 6) is 0.334. The van der Waals surface area contributed by atoms with Crippen molar-refractivity contribution in [3.63, 3.8) is 0 Å². The van der Waals surface area contributed by atoms with Crippen molar-refractivity contribution < 1.29 is 13.2 Å². The largest absolute Gasteiger partial charge is 0.416 e. The van der Waals surface area contributed by atoms with Crippen LogP contribution in [0.5, 0.6) is 0 Å². The van der Waals surface area contributed by atoms with Gasteiger partial charge in [0.2, 0.25) is 0 Å². The zero-order valence-corrected chi connectivity index (χ0v) is 9.27. The highest BCUT2D eigenvalue weighted by Gasteiger charge is 2.31. The van der Waals surface area contributed by atoms with Crippen LogP contribution in [-0.4, -0.2) is 0 Å². The minimum Gasteiger partial charge on any atom is -0.166 e. The lowest BCUT2D eigenvalue weighted by molar-refractivity contribution is -0.137. The van der Waals surface area contributed by atoms with Crippen molar-refractivity contribution >= 4 is 0 Å². The Balaban J connectivity index is 2.35. The Labute approximate surface area is 93.5 Å². The molecule has 0 atom stereocenters. The van der Waals surface area contributed by atoms with Crippen LogP contribution in [0.25, 0.3) is 0 Å². The number of halogens is 3. The monoisotopic (exact) mass is 228 g/mol. The fraction of sp³-hybridized carbons (Fsp3) is 0.538. The number of hydrogen-bond acceptors (Lipinski definition) is 0. The van der Waals surface area contributed by atoms with Gasteiger partial charge in [-0.15, -0.1) is 0 Å². The second-order valence-corrected chi connectivity index (χ2v) is 4.61. The molecule has 0 radical (unpaired) electrons. The predicted octanol–water partition coefficient (Wildman–Crippen LogP) is 4.67. The van der Waals surface area contributed by atoms with E-state index in [1.807, 2.05) is 6.07 Å². The lowest BCUT2D eigenvalue weighted by atomic mass is 9.94. The summed E-state index contributed by atoms with van der Waals surface area (Å²) in [5, 5.41) is 0. The standard InChI is InChI=1S/C13H15F3/c1-9-6-11(10-4-2-3-5-10)8-12(7-9)13(14,15)16/h6-8,10H,2-5H2,1H3. The first-order valence-corrected chi connectivity index (χ1v) is 5.65. The van der Waals surface area contributed by atoms with Gasteiger partial charge in [0, 0.05) is 0 Å². The summed E-state index contributed by atoms with van der Waals surface area (Å²) < 4.78 is 37.9. The molecule has 0 bridgehead atoms. The lowest BCUT2D eigenvalue weighted by Crippen LogP contribution is -2.07. The van der Waals surface area contributed by atoms with Crippen LogP contribution in [0.1, 0.15) is 48.3 Å². The maximum absolute atomic E-state index is 12.6. The Morgan fingerprint density at radius 1 is 1.06 bits per heavy atom. The van der Waals surface area contributed by atoms with Gasteiger partial charge >= 0.3 is 6.18 Å². The summed E-state index contributed by atoms with van der Waals surface area (Å²) in [6.07, 6.45) is 0.112. The van der Waals surface area contributed by atoms with Crippen molar-refractivity contribution in [1.82, 2.24) is 0 Å². The molecule has 1 aliphatic rings. The molecule has 3 heteroatoms. The second kappa shape index (κ2) is 4.11. The normalized spacial score (nSPS) is 18.0. The van der Waals surface area contributed by atoms with Gasteiger partial charge in [-0.2, -0.15) is 13.2 Å². The van der Waals surface area contributed by atoms with E-state index in [-0.39, 0.29) is 0 Å². The molecule has 0 nitrogen and oxygen atoms in total. The van der Waals surface area contributed by atoms with Crippen LogP contribution in [0.2, 0.25) is 0 Å². The van der Waals surface area contributed by atoms with Crippen LogP contribution >= 0.6 is 0 Å². The molecule has 1 aromatic carbocycles. The number of aryl methyl sites for hydroxylation is 1. The number of rotatable bonds is 1. The molecule has 0 heterocycles. The van der Waals surface area contributed by atoms with E-state index in [9.17, 15) is 13.2 Å². The summed E-state index contributed by atoms with van der Waals surface area (Å²) in [6.45, 7) is 1.73. The summed E-state index contributed by atoms with van der Waals surface area (Å²) in [5.41, 5.74) is 1.07. The zero-order valence-electron chi connectivity index (χ0n) is 9.27. The third-order valence-corrected chi connectivity index (χ3v) is 3.25. The van der Waals surface area contributed by atoms with Gasteiger partial charge < -0.3 is 0 Å².